The van der Waals surface area contributed by atoms with Gasteiger partial charge in [0, 0.05) is 18.1 Å². The van der Waals surface area contributed by atoms with Crippen LogP contribution in [0.4, 0.5) is 0 Å². The fourth-order valence-electron chi connectivity index (χ4n) is 2.80. The van der Waals surface area contributed by atoms with E-state index < -0.39 is 0 Å². The molecular formula is C17H28ClN3O. The Labute approximate surface area is 139 Å². The summed E-state index contributed by atoms with van der Waals surface area (Å²) in [5.41, 5.74) is 1.11. The van der Waals surface area contributed by atoms with Crippen molar-refractivity contribution < 1.29 is 4.79 Å². The van der Waals surface area contributed by atoms with Gasteiger partial charge in [0.2, 0.25) is 5.91 Å². The summed E-state index contributed by atoms with van der Waals surface area (Å²) in [6.45, 7) is 7.97. The second-order valence-electron chi connectivity index (χ2n) is 6.53. The molecule has 1 aromatic carbocycles. The molecule has 0 aromatic heterocycles. The van der Waals surface area contributed by atoms with Crippen LogP contribution in [0.5, 0.6) is 0 Å². The van der Waals surface area contributed by atoms with E-state index in [1.165, 1.54) is 5.56 Å². The van der Waals surface area contributed by atoms with Gasteiger partial charge in [-0.1, -0.05) is 30.3 Å². The van der Waals surface area contributed by atoms with Gasteiger partial charge in [0.25, 0.3) is 0 Å². The molecule has 3 N–H and O–H groups in total. The zero-order valence-electron chi connectivity index (χ0n) is 13.7. The SMILES string of the molecule is CC(NC(C)(C)CNC(=O)[C@@H]1CCCN1)c1ccccc1.Cl. The first kappa shape index (κ1) is 18.9. The Morgan fingerprint density at radius 2 is 2.05 bits per heavy atom. The molecule has 2 rings (SSSR count). The minimum Gasteiger partial charge on any atom is -0.353 e. The third-order valence-corrected chi connectivity index (χ3v) is 3.99. The van der Waals surface area contributed by atoms with Gasteiger partial charge in [-0.05, 0) is 45.7 Å². The molecular weight excluding hydrogens is 298 g/mol. The van der Waals surface area contributed by atoms with Crippen molar-refractivity contribution in [3.8, 4) is 0 Å². The van der Waals surface area contributed by atoms with Crippen LogP contribution in [0.2, 0.25) is 0 Å². The Morgan fingerprint density at radius 3 is 2.64 bits per heavy atom. The number of carbonyl (C=O) groups is 1. The average Bonchev–Trinajstić information content (AvgIpc) is 2.99. The molecule has 0 saturated carbocycles. The van der Waals surface area contributed by atoms with Crippen molar-refractivity contribution in [2.24, 2.45) is 0 Å². The van der Waals surface area contributed by atoms with Crippen LogP contribution in [-0.2, 0) is 4.79 Å². The lowest BCUT2D eigenvalue weighted by atomic mass is 10.0. The van der Waals surface area contributed by atoms with Crippen molar-refractivity contribution in [3.63, 3.8) is 0 Å². The van der Waals surface area contributed by atoms with Gasteiger partial charge in [-0.2, -0.15) is 0 Å². The lowest BCUT2D eigenvalue weighted by molar-refractivity contribution is -0.123. The molecule has 22 heavy (non-hydrogen) atoms. The zero-order chi connectivity index (χ0) is 15.3. The summed E-state index contributed by atoms with van der Waals surface area (Å²) < 4.78 is 0. The van der Waals surface area contributed by atoms with Crippen molar-refractivity contribution in [2.45, 2.75) is 51.2 Å². The Kier molecular flexibility index (Phi) is 7.33. The Hall–Kier alpha value is -1.10. The van der Waals surface area contributed by atoms with Crippen LogP contribution in [0, 0.1) is 0 Å². The molecule has 0 spiro atoms. The Morgan fingerprint density at radius 1 is 1.36 bits per heavy atom. The van der Waals surface area contributed by atoms with E-state index in [0.29, 0.717) is 6.54 Å². The maximum absolute atomic E-state index is 12.0. The summed E-state index contributed by atoms with van der Waals surface area (Å²) in [5, 5.41) is 9.87. The first-order chi connectivity index (χ1) is 9.98. The van der Waals surface area contributed by atoms with Gasteiger partial charge in [-0.15, -0.1) is 12.4 Å². The van der Waals surface area contributed by atoms with Gasteiger partial charge in [0.15, 0.2) is 0 Å². The molecule has 1 heterocycles. The van der Waals surface area contributed by atoms with E-state index >= 15 is 0 Å². The van der Waals surface area contributed by atoms with Gasteiger partial charge in [-0.25, -0.2) is 0 Å². The van der Waals surface area contributed by atoms with Gasteiger partial charge < -0.3 is 16.0 Å². The predicted octanol–water partition coefficient (Wildman–Crippen LogP) is 2.41. The van der Waals surface area contributed by atoms with Crippen molar-refractivity contribution in [1.82, 2.24) is 16.0 Å². The maximum atomic E-state index is 12.0. The number of halogens is 1. The van der Waals surface area contributed by atoms with Crippen LogP contribution >= 0.6 is 12.4 Å². The Balaban J connectivity index is 0.00000242. The van der Waals surface area contributed by atoms with E-state index in [9.17, 15) is 4.79 Å². The molecule has 124 valence electrons. The first-order valence-electron chi connectivity index (χ1n) is 7.82. The van der Waals surface area contributed by atoms with Crippen LogP contribution in [0.15, 0.2) is 30.3 Å². The summed E-state index contributed by atoms with van der Waals surface area (Å²) in [7, 11) is 0. The average molecular weight is 326 g/mol. The minimum absolute atomic E-state index is 0. The first-order valence-corrected chi connectivity index (χ1v) is 7.82. The van der Waals surface area contributed by atoms with E-state index in [1.807, 2.05) is 18.2 Å². The van der Waals surface area contributed by atoms with E-state index in [0.717, 1.165) is 19.4 Å². The highest BCUT2D eigenvalue weighted by Gasteiger charge is 2.25. The van der Waals surface area contributed by atoms with E-state index in [-0.39, 0.29) is 35.9 Å². The molecule has 1 aliphatic rings. The number of hydrogen-bond donors (Lipinski definition) is 3. The van der Waals surface area contributed by atoms with Crippen LogP contribution in [0.1, 0.15) is 45.2 Å². The fraction of sp³-hybridized carbons (Fsp3) is 0.588. The van der Waals surface area contributed by atoms with Gasteiger partial charge in [-0.3, -0.25) is 4.79 Å². The lowest BCUT2D eigenvalue weighted by Gasteiger charge is -2.31. The summed E-state index contributed by atoms with van der Waals surface area (Å²) in [5.74, 6) is 0.120. The van der Waals surface area contributed by atoms with Crippen LogP contribution in [0.3, 0.4) is 0 Å². The van der Waals surface area contributed by atoms with Crippen LogP contribution in [-0.4, -0.2) is 30.6 Å². The maximum Gasteiger partial charge on any atom is 0.237 e. The Bertz CT molecular complexity index is 458. The van der Waals surface area contributed by atoms with E-state index in [4.69, 9.17) is 0 Å². The number of amides is 1. The van der Waals surface area contributed by atoms with Crippen LogP contribution in [0.25, 0.3) is 0 Å². The normalized spacial score (nSPS) is 19.3. The summed E-state index contributed by atoms with van der Waals surface area (Å²) >= 11 is 0. The van der Waals surface area contributed by atoms with E-state index in [1.54, 1.807) is 0 Å². The highest BCUT2D eigenvalue weighted by Crippen LogP contribution is 2.15. The van der Waals surface area contributed by atoms with Crippen molar-refractivity contribution >= 4 is 18.3 Å². The molecule has 1 saturated heterocycles. The third kappa shape index (κ3) is 5.59. The number of rotatable bonds is 6. The lowest BCUT2D eigenvalue weighted by Crippen LogP contribution is -2.52. The smallest absolute Gasteiger partial charge is 0.237 e. The van der Waals surface area contributed by atoms with Gasteiger partial charge in [0.1, 0.15) is 0 Å². The topological polar surface area (TPSA) is 53.2 Å². The number of nitrogens with one attached hydrogen (secondary N) is 3. The third-order valence-electron chi connectivity index (χ3n) is 3.99. The molecule has 1 amide bonds. The second-order valence-corrected chi connectivity index (χ2v) is 6.53. The highest BCUT2D eigenvalue weighted by atomic mass is 35.5. The number of carbonyl (C=O) groups excluding carboxylic acids is 1. The molecule has 0 bridgehead atoms. The monoisotopic (exact) mass is 325 g/mol. The molecule has 2 atom stereocenters. The van der Waals surface area contributed by atoms with Crippen molar-refractivity contribution in [1.29, 1.82) is 0 Å². The standard InChI is InChI=1S/C17H27N3O.ClH/c1-13(14-8-5-4-6-9-14)20-17(2,3)12-19-16(21)15-10-7-11-18-15;/h4-6,8-9,13,15,18,20H,7,10-12H2,1-3H3,(H,19,21);1H/t13?,15-;/m0./s1. The minimum atomic E-state index is -0.149. The fourth-order valence-corrected chi connectivity index (χ4v) is 2.80. The molecule has 1 unspecified atom stereocenters. The number of benzene rings is 1. The van der Waals surface area contributed by atoms with Gasteiger partial charge in [0.05, 0.1) is 6.04 Å². The zero-order valence-corrected chi connectivity index (χ0v) is 14.5. The van der Waals surface area contributed by atoms with Crippen LogP contribution < -0.4 is 16.0 Å². The van der Waals surface area contributed by atoms with E-state index in [2.05, 4.69) is 48.9 Å². The molecule has 1 aromatic rings. The largest absolute Gasteiger partial charge is 0.353 e. The summed E-state index contributed by atoms with van der Waals surface area (Å²) in [4.78, 5) is 12.0. The summed E-state index contributed by atoms with van der Waals surface area (Å²) in [6.07, 6.45) is 2.03. The van der Waals surface area contributed by atoms with Crippen molar-refractivity contribution in [2.75, 3.05) is 13.1 Å². The molecule has 1 fully saturated rings. The predicted molar refractivity (Wildman–Crippen MR) is 93.4 cm³/mol. The quantitative estimate of drug-likeness (QED) is 0.753. The molecule has 1 aliphatic heterocycles. The van der Waals surface area contributed by atoms with Gasteiger partial charge >= 0.3 is 0 Å². The second kappa shape index (κ2) is 8.51. The molecule has 0 aliphatic carbocycles. The number of hydrogen-bond acceptors (Lipinski definition) is 3. The molecule has 4 nitrogen and oxygen atoms in total. The molecule has 5 heteroatoms. The highest BCUT2D eigenvalue weighted by molar-refractivity contribution is 5.85. The molecule has 0 radical (unpaired) electrons. The van der Waals surface area contributed by atoms with Crippen molar-refractivity contribution in [3.05, 3.63) is 35.9 Å². The summed E-state index contributed by atoms with van der Waals surface area (Å²) in [6, 6.07) is 10.6.